The van der Waals surface area contributed by atoms with E-state index >= 15 is 0 Å². The summed E-state index contributed by atoms with van der Waals surface area (Å²) in [6.45, 7) is 6.03. The van der Waals surface area contributed by atoms with E-state index in [1.165, 1.54) is 4.90 Å². The molecule has 0 radical (unpaired) electrons. The van der Waals surface area contributed by atoms with E-state index in [0.717, 1.165) is 4.47 Å². The molecule has 0 aromatic heterocycles. The van der Waals surface area contributed by atoms with Gasteiger partial charge in [0.25, 0.3) is 5.78 Å². The Hall–Kier alpha value is -1.73. The molecule has 1 aromatic carbocycles. The van der Waals surface area contributed by atoms with Crippen molar-refractivity contribution in [1.82, 2.24) is 10.2 Å². The molecule has 0 saturated carbocycles. The normalized spacial score (nSPS) is 14.4. The number of carbonyl (C=O) groups excluding carboxylic acids is 3. The first-order valence-corrected chi connectivity index (χ1v) is 8.03. The van der Waals surface area contributed by atoms with Gasteiger partial charge in [0.15, 0.2) is 0 Å². The molecular weight excluding hydrogens is 362 g/mol. The van der Waals surface area contributed by atoms with Crippen LogP contribution in [0.4, 0.5) is 5.69 Å². The number of fused-ring (bicyclic) bond motifs is 1. The molecule has 2 amide bonds. The number of nitrogens with zero attached hydrogens (tertiary/aromatic N) is 2. The highest BCUT2D eigenvalue weighted by Crippen LogP contribution is 2.31. The average Bonchev–Trinajstić information content (AvgIpc) is 2.61. The van der Waals surface area contributed by atoms with E-state index < -0.39 is 11.7 Å². The molecule has 7 heteroatoms. The fourth-order valence-corrected chi connectivity index (χ4v) is 2.77. The minimum atomic E-state index is -0.568. The predicted molar refractivity (Wildman–Crippen MR) is 91.4 cm³/mol. The monoisotopic (exact) mass is 381 g/mol. The van der Waals surface area contributed by atoms with Crippen LogP contribution in [0.15, 0.2) is 22.7 Å². The highest BCUT2D eigenvalue weighted by atomic mass is 79.9. The van der Waals surface area contributed by atoms with Gasteiger partial charge < -0.3 is 5.32 Å². The van der Waals surface area contributed by atoms with Gasteiger partial charge in [0, 0.05) is 10.0 Å². The van der Waals surface area contributed by atoms with Crippen molar-refractivity contribution in [3.63, 3.8) is 0 Å². The number of hydrogen-bond donors (Lipinski definition) is 1. The maximum Gasteiger partial charge on any atom is 0.300 e. The summed E-state index contributed by atoms with van der Waals surface area (Å²) in [5.41, 5.74) is 0.652. The van der Waals surface area contributed by atoms with Crippen LogP contribution in [0.2, 0.25) is 0 Å². The van der Waals surface area contributed by atoms with Crippen LogP contribution in [0.25, 0.3) is 0 Å². The minimum absolute atomic E-state index is 0.131. The Bertz CT molecular complexity index is 667. The number of hydrogen-bond acceptors (Lipinski definition) is 4. The molecule has 0 aliphatic carbocycles. The lowest BCUT2D eigenvalue weighted by Crippen LogP contribution is -2.47. The van der Waals surface area contributed by atoms with Crippen LogP contribution in [-0.4, -0.2) is 48.3 Å². The van der Waals surface area contributed by atoms with Crippen molar-refractivity contribution in [1.29, 1.82) is 0 Å². The van der Waals surface area contributed by atoms with Crippen molar-refractivity contribution in [2.45, 2.75) is 26.3 Å². The minimum Gasteiger partial charge on any atom is -0.350 e. The van der Waals surface area contributed by atoms with Gasteiger partial charge in [-0.25, -0.2) is 0 Å². The summed E-state index contributed by atoms with van der Waals surface area (Å²) in [5, 5.41) is 2.86. The van der Waals surface area contributed by atoms with Crippen LogP contribution in [-0.2, 0) is 9.59 Å². The summed E-state index contributed by atoms with van der Waals surface area (Å²) < 4.78 is 0.747. The van der Waals surface area contributed by atoms with Gasteiger partial charge in [0.05, 0.1) is 24.5 Å². The molecule has 1 heterocycles. The van der Waals surface area contributed by atoms with Gasteiger partial charge in [-0.15, -0.1) is 0 Å². The van der Waals surface area contributed by atoms with Gasteiger partial charge in [-0.1, -0.05) is 15.9 Å². The second kappa shape index (κ2) is 6.41. The van der Waals surface area contributed by atoms with Gasteiger partial charge in [-0.3, -0.25) is 24.2 Å². The molecule has 1 aliphatic heterocycles. The molecule has 124 valence electrons. The number of Topliss-reactive ketones (excluding diaryl/α,β-unsaturated/α-hetero) is 1. The lowest BCUT2D eigenvalue weighted by molar-refractivity contribution is -0.123. The zero-order valence-electron chi connectivity index (χ0n) is 13.6. The fraction of sp³-hybridized carbons (Fsp3) is 0.438. The molecule has 1 aromatic rings. The Morgan fingerprint density at radius 3 is 2.57 bits per heavy atom. The van der Waals surface area contributed by atoms with E-state index in [4.69, 9.17) is 0 Å². The van der Waals surface area contributed by atoms with Crippen LogP contribution >= 0.6 is 15.9 Å². The number of rotatable bonds is 4. The molecule has 0 unspecified atom stereocenters. The number of ketones is 1. The number of amides is 2. The second-order valence-electron chi connectivity index (χ2n) is 6.68. The topological polar surface area (TPSA) is 69.7 Å². The van der Waals surface area contributed by atoms with E-state index in [2.05, 4.69) is 21.2 Å². The van der Waals surface area contributed by atoms with Crippen LogP contribution in [0.1, 0.15) is 31.1 Å². The summed E-state index contributed by atoms with van der Waals surface area (Å²) in [7, 11) is 1.73. The van der Waals surface area contributed by atoms with E-state index in [-0.39, 0.29) is 24.7 Å². The standard InChI is InChI=1S/C16H20BrN3O3/c1-16(2,3)18-13(21)8-19(4)9-20-12-6-5-10(17)7-11(12)14(22)15(20)23/h5-7H,8-9H2,1-4H3,(H,18,21). The summed E-state index contributed by atoms with van der Waals surface area (Å²) >= 11 is 3.30. The van der Waals surface area contributed by atoms with Crippen molar-refractivity contribution in [3.05, 3.63) is 28.2 Å². The summed E-state index contributed by atoms with van der Waals surface area (Å²) in [6, 6.07) is 5.15. The van der Waals surface area contributed by atoms with Gasteiger partial charge in [-0.05, 0) is 46.0 Å². The molecule has 23 heavy (non-hydrogen) atoms. The highest BCUT2D eigenvalue weighted by Gasteiger charge is 2.36. The molecule has 0 fully saturated rings. The maximum absolute atomic E-state index is 12.2. The van der Waals surface area contributed by atoms with Crippen molar-refractivity contribution in [2.75, 3.05) is 25.2 Å². The summed E-state index contributed by atoms with van der Waals surface area (Å²) in [5.74, 6) is -1.22. The highest BCUT2D eigenvalue weighted by molar-refractivity contribution is 9.10. The van der Waals surface area contributed by atoms with Crippen LogP contribution in [0.5, 0.6) is 0 Å². The largest absolute Gasteiger partial charge is 0.350 e. The first-order chi connectivity index (χ1) is 10.6. The Kier molecular flexibility index (Phi) is 4.91. The predicted octanol–water partition coefficient (Wildman–Crippen LogP) is 1.78. The molecule has 2 rings (SSSR count). The van der Waals surface area contributed by atoms with Gasteiger partial charge in [0.1, 0.15) is 0 Å². The maximum atomic E-state index is 12.2. The van der Waals surface area contributed by atoms with Gasteiger partial charge in [-0.2, -0.15) is 0 Å². The van der Waals surface area contributed by atoms with Crippen LogP contribution < -0.4 is 10.2 Å². The van der Waals surface area contributed by atoms with Crippen molar-refractivity contribution in [2.24, 2.45) is 0 Å². The fourth-order valence-electron chi connectivity index (χ4n) is 2.41. The van der Waals surface area contributed by atoms with Gasteiger partial charge >= 0.3 is 5.91 Å². The van der Waals surface area contributed by atoms with E-state index in [1.807, 2.05) is 20.8 Å². The zero-order valence-corrected chi connectivity index (χ0v) is 15.2. The third-order valence-electron chi connectivity index (χ3n) is 3.24. The number of anilines is 1. The number of carbonyl (C=O) groups is 3. The van der Waals surface area contributed by atoms with E-state index in [1.54, 1.807) is 30.1 Å². The van der Waals surface area contributed by atoms with Crippen molar-refractivity contribution in [3.8, 4) is 0 Å². The Balaban J connectivity index is 2.07. The summed E-state index contributed by atoms with van der Waals surface area (Å²) in [4.78, 5) is 39.2. The van der Waals surface area contributed by atoms with Crippen LogP contribution in [0, 0.1) is 0 Å². The van der Waals surface area contributed by atoms with Crippen LogP contribution in [0.3, 0.4) is 0 Å². The molecule has 1 N–H and O–H groups in total. The lowest BCUT2D eigenvalue weighted by Gasteiger charge is -2.26. The Morgan fingerprint density at radius 2 is 1.96 bits per heavy atom. The van der Waals surface area contributed by atoms with E-state index in [0.29, 0.717) is 11.3 Å². The quantitative estimate of drug-likeness (QED) is 0.807. The second-order valence-corrected chi connectivity index (χ2v) is 7.59. The SMILES string of the molecule is CN(CC(=O)NC(C)(C)C)CN1C(=O)C(=O)c2cc(Br)ccc21. The molecule has 6 nitrogen and oxygen atoms in total. The number of halogens is 1. The third kappa shape index (κ3) is 4.17. The average molecular weight is 382 g/mol. The molecule has 0 bridgehead atoms. The zero-order chi connectivity index (χ0) is 17.4. The first-order valence-electron chi connectivity index (χ1n) is 7.24. The number of nitrogens with one attached hydrogen (secondary N) is 1. The van der Waals surface area contributed by atoms with E-state index in [9.17, 15) is 14.4 Å². The molecule has 1 aliphatic rings. The third-order valence-corrected chi connectivity index (χ3v) is 3.74. The number of benzene rings is 1. The van der Waals surface area contributed by atoms with Gasteiger partial charge in [0.2, 0.25) is 5.91 Å². The lowest BCUT2D eigenvalue weighted by atomic mass is 10.1. The molecular formula is C16H20BrN3O3. The molecule has 0 atom stereocenters. The Morgan fingerprint density at radius 1 is 1.30 bits per heavy atom. The smallest absolute Gasteiger partial charge is 0.300 e. The first kappa shape index (κ1) is 17.6. The Labute approximate surface area is 143 Å². The number of likely N-dealkylation sites (N-methyl/N-ethyl adjacent to an activating group) is 1. The van der Waals surface area contributed by atoms with Crippen molar-refractivity contribution < 1.29 is 14.4 Å². The molecule has 0 saturated heterocycles. The summed E-state index contributed by atoms with van der Waals surface area (Å²) in [6.07, 6.45) is 0. The molecule has 0 spiro atoms. The van der Waals surface area contributed by atoms with Crippen molar-refractivity contribution >= 4 is 39.2 Å².